The molecule has 0 saturated carbocycles. The van der Waals surface area contributed by atoms with E-state index in [0.29, 0.717) is 0 Å². The smallest absolute Gasteiger partial charge is 0.323 e. The Morgan fingerprint density at radius 2 is 2.00 bits per heavy atom. The number of aliphatic hydroxyl groups is 1. The Labute approximate surface area is 106 Å². The normalized spacial score (nSPS) is 9.89. The summed E-state index contributed by atoms with van der Waals surface area (Å²) >= 11 is 0. The Hall–Kier alpha value is -1.60. The van der Waals surface area contributed by atoms with Gasteiger partial charge in [-0.1, -0.05) is 6.08 Å². The van der Waals surface area contributed by atoms with Gasteiger partial charge in [0.2, 0.25) is 0 Å². The maximum Gasteiger partial charge on any atom is 0.323 e. The summed E-state index contributed by atoms with van der Waals surface area (Å²) in [5.74, 6) is -1.10. The topological polar surface area (TPSA) is 90.3 Å². The van der Waals surface area contributed by atoms with Crippen LogP contribution < -0.4 is 0 Å². The van der Waals surface area contributed by atoms with E-state index in [2.05, 4.69) is 6.58 Å². The lowest BCUT2D eigenvalue weighted by Crippen LogP contribution is -2.47. The summed E-state index contributed by atoms with van der Waals surface area (Å²) in [5, 5.41) is 17.6. The van der Waals surface area contributed by atoms with Crippen LogP contribution in [0.1, 0.15) is 0 Å². The molecule has 18 heavy (non-hydrogen) atoms. The average Bonchev–Trinajstić information content (AvgIpc) is 2.33. The Balaban J connectivity index is 4.65. The van der Waals surface area contributed by atoms with E-state index >= 15 is 0 Å². The van der Waals surface area contributed by atoms with Gasteiger partial charge in [-0.3, -0.25) is 4.79 Å². The number of hydrogen-bond acceptors (Lipinski definition) is 4. The van der Waals surface area contributed by atoms with E-state index in [1.165, 1.54) is 18.1 Å². The van der Waals surface area contributed by atoms with E-state index < -0.39 is 18.5 Å². The summed E-state index contributed by atoms with van der Waals surface area (Å²) < 4.78 is 4.83. The highest BCUT2D eigenvalue weighted by molar-refractivity contribution is 5.80. The number of aliphatic carboxylic acids is 1. The zero-order chi connectivity index (χ0) is 14.0. The number of rotatable bonds is 9. The predicted octanol–water partition coefficient (Wildman–Crippen LogP) is -0.380. The summed E-state index contributed by atoms with van der Waals surface area (Å²) in [6.45, 7) is 3.74. The van der Waals surface area contributed by atoms with Gasteiger partial charge in [0.1, 0.15) is 6.54 Å². The molecule has 7 heteroatoms. The highest BCUT2D eigenvalue weighted by atomic mass is 16.5. The summed E-state index contributed by atoms with van der Waals surface area (Å²) in [7, 11) is 1.47. The van der Waals surface area contributed by atoms with Crippen LogP contribution in [0.15, 0.2) is 12.7 Å². The maximum absolute atomic E-state index is 12.0. The highest BCUT2D eigenvalue weighted by Gasteiger charge is 2.21. The molecule has 0 rings (SSSR count). The second kappa shape index (κ2) is 9.43. The maximum atomic E-state index is 12.0. The quantitative estimate of drug-likeness (QED) is 0.551. The first-order valence-electron chi connectivity index (χ1n) is 5.53. The van der Waals surface area contributed by atoms with Crippen LogP contribution in [-0.4, -0.2) is 78.5 Å². The molecule has 0 aliphatic rings. The van der Waals surface area contributed by atoms with Crippen LogP contribution in [0.2, 0.25) is 0 Å². The molecule has 0 bridgehead atoms. The third-order valence-corrected chi connectivity index (χ3v) is 2.15. The largest absolute Gasteiger partial charge is 0.480 e. The molecule has 0 spiro atoms. The number of methoxy groups -OCH3 is 1. The standard InChI is InChI=1S/C11H20N2O5/c1-3-4-12(5-7-14)11(17)13(6-8-18-2)9-10(15)16/h3,14H,1,4-9H2,2H3,(H,15,16). The number of aliphatic hydroxyl groups excluding tert-OH is 1. The Morgan fingerprint density at radius 1 is 1.33 bits per heavy atom. The Bertz CT molecular complexity index is 283. The monoisotopic (exact) mass is 260 g/mol. The molecule has 0 saturated heterocycles. The molecule has 104 valence electrons. The van der Waals surface area contributed by atoms with Crippen LogP contribution in [0, 0.1) is 0 Å². The van der Waals surface area contributed by atoms with Gasteiger partial charge in [0.25, 0.3) is 0 Å². The van der Waals surface area contributed by atoms with Crippen molar-refractivity contribution in [2.45, 2.75) is 0 Å². The minimum Gasteiger partial charge on any atom is -0.480 e. The van der Waals surface area contributed by atoms with Gasteiger partial charge in [0.15, 0.2) is 0 Å². The molecular formula is C11H20N2O5. The number of nitrogens with zero attached hydrogens (tertiary/aromatic N) is 2. The van der Waals surface area contributed by atoms with Crippen molar-refractivity contribution in [2.75, 3.05) is 46.5 Å². The molecule has 0 aromatic heterocycles. The fourth-order valence-electron chi connectivity index (χ4n) is 1.35. The zero-order valence-electron chi connectivity index (χ0n) is 10.5. The second-order valence-electron chi connectivity index (χ2n) is 3.55. The third kappa shape index (κ3) is 6.21. The SMILES string of the molecule is C=CCN(CCO)C(=O)N(CCOC)CC(=O)O. The molecular weight excluding hydrogens is 240 g/mol. The zero-order valence-corrected chi connectivity index (χ0v) is 10.5. The molecule has 7 nitrogen and oxygen atoms in total. The van der Waals surface area contributed by atoms with Gasteiger partial charge in [-0.25, -0.2) is 4.79 Å². The number of urea groups is 1. The van der Waals surface area contributed by atoms with Gasteiger partial charge in [0, 0.05) is 26.7 Å². The molecule has 2 amide bonds. The van der Waals surface area contributed by atoms with Gasteiger partial charge in [-0.15, -0.1) is 6.58 Å². The number of carbonyl (C=O) groups is 2. The van der Waals surface area contributed by atoms with E-state index in [0.717, 1.165) is 4.90 Å². The average molecular weight is 260 g/mol. The van der Waals surface area contributed by atoms with Crippen LogP contribution in [0.25, 0.3) is 0 Å². The van der Waals surface area contributed by atoms with Gasteiger partial charge >= 0.3 is 12.0 Å². The van der Waals surface area contributed by atoms with Crippen molar-refractivity contribution in [3.8, 4) is 0 Å². The van der Waals surface area contributed by atoms with Crippen LogP contribution in [0.4, 0.5) is 4.79 Å². The molecule has 0 aliphatic heterocycles. The molecule has 0 aromatic rings. The fraction of sp³-hybridized carbons (Fsp3) is 0.636. The van der Waals surface area contributed by atoms with Crippen LogP contribution >= 0.6 is 0 Å². The van der Waals surface area contributed by atoms with Gasteiger partial charge in [-0.2, -0.15) is 0 Å². The number of ether oxygens (including phenoxy) is 1. The van der Waals surface area contributed by atoms with E-state index in [1.807, 2.05) is 0 Å². The number of carboxylic acid groups (broad SMARTS) is 1. The lowest BCUT2D eigenvalue weighted by atomic mass is 10.4. The van der Waals surface area contributed by atoms with Gasteiger partial charge in [-0.05, 0) is 0 Å². The first kappa shape index (κ1) is 16.4. The lowest BCUT2D eigenvalue weighted by Gasteiger charge is -2.28. The second-order valence-corrected chi connectivity index (χ2v) is 3.55. The van der Waals surface area contributed by atoms with Crippen LogP contribution in [0.5, 0.6) is 0 Å². The predicted molar refractivity (Wildman–Crippen MR) is 65.3 cm³/mol. The number of hydrogen-bond donors (Lipinski definition) is 2. The summed E-state index contributed by atoms with van der Waals surface area (Å²) in [4.78, 5) is 25.2. The van der Waals surface area contributed by atoms with Crippen molar-refractivity contribution in [3.63, 3.8) is 0 Å². The van der Waals surface area contributed by atoms with Crippen molar-refractivity contribution in [2.24, 2.45) is 0 Å². The molecule has 0 unspecified atom stereocenters. The van der Waals surface area contributed by atoms with Crippen LogP contribution in [0.3, 0.4) is 0 Å². The summed E-state index contributed by atoms with van der Waals surface area (Å²) in [6, 6.07) is -0.455. The molecule has 0 fully saturated rings. The molecule has 2 N–H and O–H groups in total. The first-order valence-corrected chi connectivity index (χ1v) is 5.53. The van der Waals surface area contributed by atoms with Crippen LogP contribution in [-0.2, 0) is 9.53 Å². The number of carbonyl (C=O) groups excluding carboxylic acids is 1. The highest BCUT2D eigenvalue weighted by Crippen LogP contribution is 2.00. The molecule has 0 radical (unpaired) electrons. The van der Waals surface area contributed by atoms with Gasteiger partial charge < -0.3 is 24.7 Å². The minimum atomic E-state index is -1.10. The Morgan fingerprint density at radius 3 is 2.44 bits per heavy atom. The van der Waals surface area contributed by atoms with Crippen molar-refractivity contribution < 1.29 is 24.5 Å². The van der Waals surface area contributed by atoms with Crippen molar-refractivity contribution in [1.82, 2.24) is 9.80 Å². The van der Waals surface area contributed by atoms with Crippen molar-refractivity contribution >= 4 is 12.0 Å². The first-order chi connectivity index (χ1) is 8.56. The Kier molecular flexibility index (Phi) is 8.59. The van der Waals surface area contributed by atoms with Crippen molar-refractivity contribution in [3.05, 3.63) is 12.7 Å². The molecule has 0 heterocycles. The molecule has 0 aliphatic carbocycles. The number of amides is 2. The van der Waals surface area contributed by atoms with E-state index in [9.17, 15) is 9.59 Å². The van der Waals surface area contributed by atoms with E-state index in [-0.39, 0.29) is 32.8 Å². The van der Waals surface area contributed by atoms with Crippen molar-refractivity contribution in [1.29, 1.82) is 0 Å². The molecule has 0 aromatic carbocycles. The van der Waals surface area contributed by atoms with E-state index in [1.54, 1.807) is 0 Å². The lowest BCUT2D eigenvalue weighted by molar-refractivity contribution is -0.137. The fourth-order valence-corrected chi connectivity index (χ4v) is 1.35. The number of carboxylic acids is 1. The molecule has 0 atom stereocenters. The minimum absolute atomic E-state index is 0.133. The summed E-state index contributed by atoms with van der Waals surface area (Å²) in [6.07, 6.45) is 1.52. The van der Waals surface area contributed by atoms with Gasteiger partial charge in [0.05, 0.1) is 13.2 Å². The van der Waals surface area contributed by atoms with E-state index in [4.69, 9.17) is 14.9 Å². The third-order valence-electron chi connectivity index (χ3n) is 2.15. The summed E-state index contributed by atoms with van der Waals surface area (Å²) in [5.41, 5.74) is 0.